The van der Waals surface area contributed by atoms with E-state index in [1.807, 2.05) is 0 Å². The first kappa shape index (κ1) is 19.4. The first-order chi connectivity index (χ1) is 13.5. The molecule has 0 aliphatic heterocycles. The van der Waals surface area contributed by atoms with E-state index in [4.69, 9.17) is 21.5 Å². The number of benzene rings is 3. The van der Waals surface area contributed by atoms with Crippen molar-refractivity contribution in [3.05, 3.63) is 94.5 Å². The van der Waals surface area contributed by atoms with Crippen molar-refractivity contribution >= 4 is 29.1 Å². The van der Waals surface area contributed by atoms with Crippen LogP contribution in [0.15, 0.2) is 72.8 Å². The number of hydrogen-bond donors (Lipinski definition) is 3. The predicted molar refractivity (Wildman–Crippen MR) is 106 cm³/mol. The third kappa shape index (κ3) is 5.09. The molecule has 0 atom stereocenters. The molecule has 0 aromatic heterocycles. The van der Waals surface area contributed by atoms with Gasteiger partial charge in [-0.2, -0.15) is 0 Å². The number of hydroxylamine groups is 1. The summed E-state index contributed by atoms with van der Waals surface area (Å²) in [6.07, 6.45) is 0. The highest BCUT2D eigenvalue weighted by molar-refractivity contribution is 6.30. The molecule has 3 aromatic carbocycles. The van der Waals surface area contributed by atoms with Crippen LogP contribution in [0.2, 0.25) is 5.02 Å². The van der Waals surface area contributed by atoms with Crippen molar-refractivity contribution in [3.63, 3.8) is 0 Å². The zero-order valence-electron chi connectivity index (χ0n) is 14.7. The molecule has 0 aliphatic carbocycles. The van der Waals surface area contributed by atoms with Gasteiger partial charge in [0, 0.05) is 27.9 Å². The van der Waals surface area contributed by atoms with Gasteiger partial charge >= 0.3 is 0 Å². The molecule has 142 valence electrons. The Morgan fingerprint density at radius 2 is 1.54 bits per heavy atom. The molecular weight excluding hydrogens is 380 g/mol. The van der Waals surface area contributed by atoms with E-state index >= 15 is 0 Å². The Balaban J connectivity index is 1.61. The van der Waals surface area contributed by atoms with Crippen molar-refractivity contribution in [1.29, 1.82) is 0 Å². The van der Waals surface area contributed by atoms with Gasteiger partial charge in [-0.05, 0) is 54.1 Å². The summed E-state index contributed by atoms with van der Waals surface area (Å²) in [5.74, 6) is -0.228. The average molecular weight is 397 g/mol. The van der Waals surface area contributed by atoms with Crippen molar-refractivity contribution in [2.45, 2.75) is 6.61 Å². The molecule has 28 heavy (non-hydrogen) atoms. The van der Waals surface area contributed by atoms with E-state index in [0.29, 0.717) is 27.6 Å². The van der Waals surface area contributed by atoms with Crippen LogP contribution in [-0.4, -0.2) is 17.0 Å². The van der Waals surface area contributed by atoms with Crippen molar-refractivity contribution in [3.8, 4) is 5.75 Å². The van der Waals surface area contributed by atoms with Crippen LogP contribution >= 0.6 is 11.6 Å². The van der Waals surface area contributed by atoms with Crippen molar-refractivity contribution in [2.24, 2.45) is 0 Å². The molecule has 0 bridgehead atoms. The second-order valence-corrected chi connectivity index (χ2v) is 6.35. The van der Waals surface area contributed by atoms with Gasteiger partial charge in [-0.3, -0.25) is 14.8 Å². The van der Waals surface area contributed by atoms with Gasteiger partial charge in [0.25, 0.3) is 11.8 Å². The molecule has 0 fully saturated rings. The number of hydrogen-bond acceptors (Lipinski definition) is 4. The van der Waals surface area contributed by atoms with Crippen LogP contribution in [0.3, 0.4) is 0 Å². The topological polar surface area (TPSA) is 87.7 Å². The third-order valence-electron chi connectivity index (χ3n) is 3.92. The Kier molecular flexibility index (Phi) is 6.26. The SMILES string of the molecule is O=C(NO)c1ccc(COc2cccc(NC(=O)c3ccc(Cl)cc3)c2)cc1. The Bertz CT molecular complexity index is 972. The number of nitrogens with one attached hydrogen (secondary N) is 2. The molecular formula is C21H17ClN2O4. The minimum atomic E-state index is -0.573. The Morgan fingerprint density at radius 1 is 0.893 bits per heavy atom. The minimum Gasteiger partial charge on any atom is -0.489 e. The van der Waals surface area contributed by atoms with Crippen LogP contribution in [0.25, 0.3) is 0 Å². The van der Waals surface area contributed by atoms with E-state index in [2.05, 4.69) is 5.32 Å². The molecule has 6 nitrogen and oxygen atoms in total. The predicted octanol–water partition coefficient (Wildman–Crippen LogP) is 4.29. The van der Waals surface area contributed by atoms with Crippen LogP contribution in [0, 0.1) is 0 Å². The van der Waals surface area contributed by atoms with Crippen LogP contribution in [0.1, 0.15) is 26.3 Å². The Labute approximate surface area is 166 Å². The number of rotatable bonds is 6. The molecule has 0 aliphatic rings. The number of ether oxygens (including phenoxy) is 1. The highest BCUT2D eigenvalue weighted by atomic mass is 35.5. The molecule has 0 saturated carbocycles. The second kappa shape index (κ2) is 9.03. The lowest BCUT2D eigenvalue weighted by atomic mass is 10.1. The normalized spacial score (nSPS) is 10.2. The molecule has 3 N–H and O–H groups in total. The summed E-state index contributed by atoms with van der Waals surface area (Å²) in [5, 5.41) is 12.0. The van der Waals surface area contributed by atoms with Crippen molar-refractivity contribution < 1.29 is 19.5 Å². The fraction of sp³-hybridized carbons (Fsp3) is 0.0476. The summed E-state index contributed by atoms with van der Waals surface area (Å²) in [4.78, 5) is 23.6. The van der Waals surface area contributed by atoms with Gasteiger partial charge in [-0.15, -0.1) is 0 Å². The van der Waals surface area contributed by atoms with Crippen LogP contribution < -0.4 is 15.5 Å². The number of halogens is 1. The van der Waals surface area contributed by atoms with Crippen LogP contribution in [-0.2, 0) is 6.61 Å². The van der Waals surface area contributed by atoms with Gasteiger partial charge in [0.15, 0.2) is 0 Å². The van der Waals surface area contributed by atoms with Crippen molar-refractivity contribution in [1.82, 2.24) is 5.48 Å². The Morgan fingerprint density at radius 3 is 2.21 bits per heavy atom. The quantitative estimate of drug-likeness (QED) is 0.428. The molecule has 0 radical (unpaired) electrons. The molecule has 3 rings (SSSR count). The Hall–Kier alpha value is -3.35. The van der Waals surface area contributed by atoms with Crippen LogP contribution in [0.5, 0.6) is 5.75 Å². The van der Waals surface area contributed by atoms with Gasteiger partial charge in [-0.1, -0.05) is 29.8 Å². The summed E-state index contributed by atoms with van der Waals surface area (Å²) >= 11 is 5.83. The summed E-state index contributed by atoms with van der Waals surface area (Å²) in [7, 11) is 0. The van der Waals surface area contributed by atoms with Gasteiger partial charge in [0.2, 0.25) is 0 Å². The highest BCUT2D eigenvalue weighted by Gasteiger charge is 2.07. The maximum atomic E-state index is 12.3. The lowest BCUT2D eigenvalue weighted by molar-refractivity contribution is 0.0706. The van der Waals surface area contributed by atoms with Gasteiger partial charge < -0.3 is 10.1 Å². The monoisotopic (exact) mass is 396 g/mol. The van der Waals surface area contributed by atoms with Gasteiger partial charge in [0.1, 0.15) is 12.4 Å². The maximum Gasteiger partial charge on any atom is 0.274 e. The number of carbonyl (C=O) groups is 2. The zero-order valence-corrected chi connectivity index (χ0v) is 15.4. The molecule has 7 heteroatoms. The summed E-state index contributed by atoms with van der Waals surface area (Å²) in [6.45, 7) is 0.287. The van der Waals surface area contributed by atoms with Gasteiger partial charge in [-0.25, -0.2) is 5.48 Å². The first-order valence-corrected chi connectivity index (χ1v) is 8.76. The van der Waals surface area contributed by atoms with E-state index in [0.717, 1.165) is 5.56 Å². The first-order valence-electron chi connectivity index (χ1n) is 8.38. The molecule has 0 spiro atoms. The molecule has 3 aromatic rings. The zero-order chi connectivity index (χ0) is 19.9. The fourth-order valence-electron chi connectivity index (χ4n) is 2.45. The average Bonchev–Trinajstić information content (AvgIpc) is 2.73. The number of anilines is 1. The lowest BCUT2D eigenvalue weighted by Crippen LogP contribution is -2.18. The number of amides is 2. The van der Waals surface area contributed by atoms with Crippen molar-refractivity contribution in [2.75, 3.05) is 5.32 Å². The van der Waals surface area contributed by atoms with E-state index in [1.165, 1.54) is 0 Å². The fourth-order valence-corrected chi connectivity index (χ4v) is 2.58. The standard InChI is InChI=1S/C21H17ClN2O4/c22-17-10-8-15(9-11-17)20(25)23-18-2-1-3-19(12-18)28-13-14-4-6-16(7-5-14)21(26)24-27/h1-12,27H,13H2,(H,23,25)(H,24,26). The van der Waals surface area contributed by atoms with Crippen LogP contribution in [0.4, 0.5) is 5.69 Å². The summed E-state index contributed by atoms with van der Waals surface area (Å²) < 4.78 is 5.74. The van der Waals surface area contributed by atoms with E-state index < -0.39 is 5.91 Å². The van der Waals surface area contributed by atoms with E-state index in [1.54, 1.807) is 78.3 Å². The van der Waals surface area contributed by atoms with E-state index in [9.17, 15) is 9.59 Å². The smallest absolute Gasteiger partial charge is 0.274 e. The third-order valence-corrected chi connectivity index (χ3v) is 4.17. The summed E-state index contributed by atoms with van der Waals surface area (Å²) in [6, 6.07) is 20.3. The van der Waals surface area contributed by atoms with E-state index in [-0.39, 0.29) is 12.5 Å². The lowest BCUT2D eigenvalue weighted by Gasteiger charge is -2.10. The molecule has 0 saturated heterocycles. The maximum absolute atomic E-state index is 12.3. The molecule has 0 unspecified atom stereocenters. The molecule has 2 amide bonds. The molecule has 0 heterocycles. The second-order valence-electron chi connectivity index (χ2n) is 5.92. The van der Waals surface area contributed by atoms with Gasteiger partial charge in [0.05, 0.1) is 0 Å². The summed E-state index contributed by atoms with van der Waals surface area (Å²) in [5.41, 5.74) is 3.89. The minimum absolute atomic E-state index is 0.244. The highest BCUT2D eigenvalue weighted by Crippen LogP contribution is 2.20. The number of carbonyl (C=O) groups excluding carboxylic acids is 2. The largest absolute Gasteiger partial charge is 0.489 e.